The van der Waals surface area contributed by atoms with Gasteiger partial charge in [-0.3, -0.25) is 0 Å². The van der Waals surface area contributed by atoms with Gasteiger partial charge in [0.2, 0.25) is 0 Å². The van der Waals surface area contributed by atoms with Crippen LogP contribution < -0.4 is 5.32 Å². The molecule has 1 N–H and O–H groups in total. The zero-order chi connectivity index (χ0) is 11.9. The number of nitrogens with zero attached hydrogens (tertiary/aromatic N) is 4. The molecule has 0 radical (unpaired) electrons. The van der Waals surface area contributed by atoms with Crippen LogP contribution in [-0.4, -0.2) is 40.5 Å². The molecule has 0 aliphatic heterocycles. The standard InChI is InChI=1S/C11H21N5O/c1-17-8-6-12-9-11-13-14-15-16(11)7-2-3-10-4-5-10/h10,12H,2-9H2,1H3. The third-order valence-electron chi connectivity index (χ3n) is 3.05. The third-order valence-corrected chi connectivity index (χ3v) is 3.05. The number of nitrogens with one attached hydrogen (secondary N) is 1. The molecule has 96 valence electrons. The highest BCUT2D eigenvalue weighted by Crippen LogP contribution is 2.33. The number of aryl methyl sites for hydroxylation is 1. The molecule has 0 unspecified atom stereocenters. The Morgan fingerprint density at radius 2 is 2.35 bits per heavy atom. The van der Waals surface area contributed by atoms with Gasteiger partial charge in [0.15, 0.2) is 5.82 Å². The molecule has 17 heavy (non-hydrogen) atoms. The minimum Gasteiger partial charge on any atom is -0.383 e. The highest BCUT2D eigenvalue weighted by atomic mass is 16.5. The van der Waals surface area contributed by atoms with Gasteiger partial charge in [0.05, 0.1) is 13.2 Å². The fraction of sp³-hybridized carbons (Fsp3) is 0.909. The molecule has 1 fully saturated rings. The second-order valence-electron chi connectivity index (χ2n) is 4.57. The van der Waals surface area contributed by atoms with Crippen molar-refractivity contribution >= 4 is 0 Å². The monoisotopic (exact) mass is 239 g/mol. The molecule has 0 saturated heterocycles. The molecule has 1 aliphatic rings. The topological polar surface area (TPSA) is 64.9 Å². The van der Waals surface area contributed by atoms with Crippen LogP contribution in [0.3, 0.4) is 0 Å². The van der Waals surface area contributed by atoms with Crippen LogP contribution in [0, 0.1) is 5.92 Å². The van der Waals surface area contributed by atoms with E-state index < -0.39 is 0 Å². The Morgan fingerprint density at radius 1 is 1.47 bits per heavy atom. The van der Waals surface area contributed by atoms with E-state index in [-0.39, 0.29) is 0 Å². The minimum absolute atomic E-state index is 0.708. The average Bonchev–Trinajstić information content (AvgIpc) is 3.05. The van der Waals surface area contributed by atoms with E-state index >= 15 is 0 Å². The molecule has 2 rings (SSSR count). The zero-order valence-corrected chi connectivity index (χ0v) is 10.4. The molecule has 1 heterocycles. The normalized spacial score (nSPS) is 15.4. The molecular formula is C11H21N5O. The molecule has 6 nitrogen and oxygen atoms in total. The lowest BCUT2D eigenvalue weighted by Crippen LogP contribution is -2.21. The quantitative estimate of drug-likeness (QED) is 0.639. The van der Waals surface area contributed by atoms with Crippen LogP contribution in [0.4, 0.5) is 0 Å². The maximum Gasteiger partial charge on any atom is 0.165 e. The van der Waals surface area contributed by atoms with E-state index in [2.05, 4.69) is 20.8 Å². The maximum atomic E-state index is 4.97. The van der Waals surface area contributed by atoms with Crippen LogP contribution in [-0.2, 0) is 17.8 Å². The van der Waals surface area contributed by atoms with Crippen LogP contribution >= 0.6 is 0 Å². The summed E-state index contributed by atoms with van der Waals surface area (Å²) < 4.78 is 6.87. The van der Waals surface area contributed by atoms with Gasteiger partial charge in [-0.2, -0.15) is 0 Å². The fourth-order valence-corrected chi connectivity index (χ4v) is 1.83. The van der Waals surface area contributed by atoms with Gasteiger partial charge in [0, 0.05) is 20.2 Å². The van der Waals surface area contributed by atoms with Crippen LogP contribution in [0.2, 0.25) is 0 Å². The lowest BCUT2D eigenvalue weighted by Gasteiger charge is -2.05. The Labute approximate surface area is 102 Å². The van der Waals surface area contributed by atoms with Crippen molar-refractivity contribution in [2.24, 2.45) is 5.92 Å². The first-order valence-electron chi connectivity index (χ1n) is 6.35. The Bertz CT molecular complexity index is 323. The molecule has 0 spiro atoms. The number of methoxy groups -OCH3 is 1. The first-order chi connectivity index (χ1) is 8.40. The van der Waals surface area contributed by atoms with Crippen molar-refractivity contribution in [1.29, 1.82) is 0 Å². The lowest BCUT2D eigenvalue weighted by atomic mass is 10.2. The van der Waals surface area contributed by atoms with Crippen molar-refractivity contribution < 1.29 is 4.74 Å². The first kappa shape index (κ1) is 12.4. The van der Waals surface area contributed by atoms with Crippen LogP contribution in [0.1, 0.15) is 31.5 Å². The van der Waals surface area contributed by atoms with E-state index in [0.717, 1.165) is 24.8 Å². The number of hydrogen-bond donors (Lipinski definition) is 1. The molecule has 1 aromatic rings. The van der Waals surface area contributed by atoms with Crippen LogP contribution in [0.5, 0.6) is 0 Å². The Kier molecular flexibility index (Phi) is 4.88. The summed E-state index contributed by atoms with van der Waals surface area (Å²) in [4.78, 5) is 0. The average molecular weight is 239 g/mol. The molecule has 6 heteroatoms. The second-order valence-corrected chi connectivity index (χ2v) is 4.57. The summed E-state index contributed by atoms with van der Waals surface area (Å²) in [5, 5.41) is 15.0. The lowest BCUT2D eigenvalue weighted by molar-refractivity contribution is 0.198. The van der Waals surface area contributed by atoms with Crippen LogP contribution in [0.15, 0.2) is 0 Å². The molecule has 0 amide bonds. The summed E-state index contributed by atoms with van der Waals surface area (Å²) in [5.41, 5.74) is 0. The van der Waals surface area contributed by atoms with Gasteiger partial charge in [-0.05, 0) is 29.2 Å². The number of hydrogen-bond acceptors (Lipinski definition) is 5. The van der Waals surface area contributed by atoms with Crippen molar-refractivity contribution in [1.82, 2.24) is 25.5 Å². The molecule has 1 saturated carbocycles. The first-order valence-corrected chi connectivity index (χ1v) is 6.35. The number of ether oxygens (including phenoxy) is 1. The highest BCUT2D eigenvalue weighted by Gasteiger charge is 2.20. The van der Waals surface area contributed by atoms with Gasteiger partial charge in [0.25, 0.3) is 0 Å². The Morgan fingerprint density at radius 3 is 3.12 bits per heavy atom. The summed E-state index contributed by atoms with van der Waals surface area (Å²) in [6.45, 7) is 3.18. The molecule has 0 aromatic carbocycles. The van der Waals surface area contributed by atoms with Crippen molar-refractivity contribution in [2.45, 2.75) is 38.8 Å². The molecule has 1 aliphatic carbocycles. The van der Waals surface area contributed by atoms with Gasteiger partial charge in [-0.1, -0.05) is 12.8 Å². The largest absolute Gasteiger partial charge is 0.383 e. The third kappa shape index (κ3) is 4.40. The summed E-state index contributed by atoms with van der Waals surface area (Å²) in [5.74, 6) is 1.90. The van der Waals surface area contributed by atoms with Crippen molar-refractivity contribution in [3.8, 4) is 0 Å². The van der Waals surface area contributed by atoms with Crippen LogP contribution in [0.25, 0.3) is 0 Å². The van der Waals surface area contributed by atoms with E-state index in [4.69, 9.17) is 4.74 Å². The number of rotatable bonds is 9. The second kappa shape index (κ2) is 6.66. The Balaban J connectivity index is 1.67. The summed E-state index contributed by atoms with van der Waals surface area (Å²) in [6, 6.07) is 0. The Hall–Kier alpha value is -1.01. The van der Waals surface area contributed by atoms with Crippen molar-refractivity contribution in [3.63, 3.8) is 0 Å². The van der Waals surface area contributed by atoms with Gasteiger partial charge < -0.3 is 10.1 Å². The van der Waals surface area contributed by atoms with E-state index in [1.54, 1.807) is 7.11 Å². The summed E-state index contributed by atoms with van der Waals surface area (Å²) >= 11 is 0. The van der Waals surface area contributed by atoms with Gasteiger partial charge in [0.1, 0.15) is 0 Å². The van der Waals surface area contributed by atoms with Gasteiger partial charge >= 0.3 is 0 Å². The highest BCUT2D eigenvalue weighted by molar-refractivity contribution is 4.80. The number of aromatic nitrogens is 4. The predicted octanol–water partition coefficient (Wildman–Crippen LogP) is 0.599. The summed E-state index contributed by atoms with van der Waals surface area (Å²) in [7, 11) is 1.70. The maximum absolute atomic E-state index is 4.97. The summed E-state index contributed by atoms with van der Waals surface area (Å²) in [6.07, 6.45) is 5.33. The van der Waals surface area contributed by atoms with Gasteiger partial charge in [-0.25, -0.2) is 4.68 Å². The minimum atomic E-state index is 0.708. The van der Waals surface area contributed by atoms with E-state index in [1.807, 2.05) is 4.68 Å². The SMILES string of the molecule is COCCNCc1nnnn1CCCC1CC1. The van der Waals surface area contributed by atoms with Crippen molar-refractivity contribution in [2.75, 3.05) is 20.3 Å². The molecule has 0 atom stereocenters. The number of tetrazole rings is 1. The van der Waals surface area contributed by atoms with E-state index in [0.29, 0.717) is 13.2 Å². The molecule has 1 aromatic heterocycles. The predicted molar refractivity (Wildman–Crippen MR) is 63.4 cm³/mol. The fourth-order valence-electron chi connectivity index (χ4n) is 1.83. The zero-order valence-electron chi connectivity index (χ0n) is 10.4. The van der Waals surface area contributed by atoms with Gasteiger partial charge in [-0.15, -0.1) is 5.10 Å². The van der Waals surface area contributed by atoms with E-state index in [9.17, 15) is 0 Å². The smallest absolute Gasteiger partial charge is 0.165 e. The molecular weight excluding hydrogens is 218 g/mol. The van der Waals surface area contributed by atoms with Crippen molar-refractivity contribution in [3.05, 3.63) is 5.82 Å². The molecule has 0 bridgehead atoms. The van der Waals surface area contributed by atoms with E-state index in [1.165, 1.54) is 25.7 Å².